The molecule has 100 valence electrons. The lowest BCUT2D eigenvalue weighted by Gasteiger charge is -2.21. The van der Waals surface area contributed by atoms with Crippen LogP contribution >= 0.6 is 0 Å². The van der Waals surface area contributed by atoms with Gasteiger partial charge in [-0.1, -0.05) is 0 Å². The second-order valence-electron chi connectivity index (χ2n) is 3.78. The predicted molar refractivity (Wildman–Crippen MR) is 58.4 cm³/mol. The van der Waals surface area contributed by atoms with Gasteiger partial charge >= 0.3 is 12.1 Å². The number of hydrogen-bond acceptors (Lipinski definition) is 3. The first-order valence-electron chi connectivity index (χ1n) is 5.01. The molecule has 0 heterocycles. The molecule has 0 aliphatic heterocycles. The molecule has 0 fully saturated rings. The van der Waals surface area contributed by atoms with E-state index in [0.717, 1.165) is 12.1 Å². The molecule has 0 radical (unpaired) electrons. The maximum atomic E-state index is 12.3. The van der Waals surface area contributed by atoms with Crippen LogP contribution in [0, 0.1) is 0 Å². The number of carbonyl (C=O) groups is 1. The van der Waals surface area contributed by atoms with Gasteiger partial charge in [-0.2, -0.15) is 13.2 Å². The molecule has 1 unspecified atom stereocenters. The maximum Gasteiger partial charge on any atom is 0.416 e. The third kappa shape index (κ3) is 3.63. The standard InChI is InChI=1S/C11H12F3NO3/c1-15(6-9(16)10(17)18)8-4-2-7(3-5-8)11(12,13)14/h2-5,9,16H,6H2,1H3,(H,17,18). The van der Waals surface area contributed by atoms with Crippen molar-refractivity contribution in [1.29, 1.82) is 0 Å². The molecule has 1 aromatic carbocycles. The van der Waals surface area contributed by atoms with Crippen molar-refractivity contribution >= 4 is 11.7 Å². The average molecular weight is 263 g/mol. The van der Waals surface area contributed by atoms with E-state index in [1.165, 1.54) is 24.1 Å². The van der Waals surface area contributed by atoms with E-state index in [2.05, 4.69) is 0 Å². The highest BCUT2D eigenvalue weighted by molar-refractivity contribution is 5.73. The molecule has 1 aromatic rings. The summed E-state index contributed by atoms with van der Waals surface area (Å²) in [5.41, 5.74) is -0.387. The lowest BCUT2D eigenvalue weighted by atomic mass is 10.2. The topological polar surface area (TPSA) is 60.8 Å². The van der Waals surface area contributed by atoms with E-state index in [4.69, 9.17) is 10.2 Å². The smallest absolute Gasteiger partial charge is 0.416 e. The molecule has 18 heavy (non-hydrogen) atoms. The van der Waals surface area contributed by atoms with Gasteiger partial charge in [0.15, 0.2) is 6.10 Å². The van der Waals surface area contributed by atoms with Crippen LogP contribution in [0.4, 0.5) is 18.9 Å². The fourth-order valence-corrected chi connectivity index (χ4v) is 1.35. The molecule has 0 bridgehead atoms. The van der Waals surface area contributed by atoms with Gasteiger partial charge in [0.05, 0.1) is 12.1 Å². The van der Waals surface area contributed by atoms with Crippen LogP contribution in [0.15, 0.2) is 24.3 Å². The summed E-state index contributed by atoms with van der Waals surface area (Å²) >= 11 is 0. The second-order valence-corrected chi connectivity index (χ2v) is 3.78. The van der Waals surface area contributed by atoms with Crippen LogP contribution < -0.4 is 4.90 Å². The Kier molecular flexibility index (Phi) is 4.18. The number of alkyl halides is 3. The van der Waals surface area contributed by atoms with Crippen molar-refractivity contribution in [3.63, 3.8) is 0 Å². The number of aliphatic hydroxyl groups is 1. The molecule has 2 N–H and O–H groups in total. The zero-order valence-electron chi connectivity index (χ0n) is 9.48. The molecule has 1 rings (SSSR count). The van der Waals surface area contributed by atoms with E-state index >= 15 is 0 Å². The molecular weight excluding hydrogens is 251 g/mol. The van der Waals surface area contributed by atoms with Crippen molar-refractivity contribution in [1.82, 2.24) is 0 Å². The van der Waals surface area contributed by atoms with Crippen LogP contribution in [-0.2, 0) is 11.0 Å². The van der Waals surface area contributed by atoms with Gasteiger partial charge in [-0.3, -0.25) is 0 Å². The Bertz CT molecular complexity index is 417. The summed E-state index contributed by atoms with van der Waals surface area (Å²) in [7, 11) is 1.48. The van der Waals surface area contributed by atoms with Crippen LogP contribution in [0.2, 0.25) is 0 Å². The molecule has 0 aromatic heterocycles. The van der Waals surface area contributed by atoms with Gasteiger partial charge in [0.1, 0.15) is 0 Å². The van der Waals surface area contributed by atoms with Gasteiger partial charge in [0, 0.05) is 12.7 Å². The van der Waals surface area contributed by atoms with E-state index < -0.39 is 23.8 Å². The van der Waals surface area contributed by atoms with E-state index in [-0.39, 0.29) is 6.54 Å². The largest absolute Gasteiger partial charge is 0.479 e. The maximum absolute atomic E-state index is 12.3. The first kappa shape index (κ1) is 14.3. The molecular formula is C11H12F3NO3. The zero-order chi connectivity index (χ0) is 13.9. The van der Waals surface area contributed by atoms with Crippen LogP contribution in [0.25, 0.3) is 0 Å². The second kappa shape index (κ2) is 5.26. The highest BCUT2D eigenvalue weighted by Crippen LogP contribution is 2.30. The zero-order valence-corrected chi connectivity index (χ0v) is 9.48. The van der Waals surface area contributed by atoms with Crippen molar-refractivity contribution in [2.45, 2.75) is 12.3 Å². The van der Waals surface area contributed by atoms with Crippen LogP contribution in [-0.4, -0.2) is 35.9 Å². The number of anilines is 1. The number of carboxylic acids is 1. The molecule has 0 saturated carbocycles. The number of rotatable bonds is 4. The normalized spacial score (nSPS) is 13.2. The number of aliphatic hydroxyl groups excluding tert-OH is 1. The molecule has 0 aliphatic carbocycles. The number of halogens is 3. The number of likely N-dealkylation sites (N-methyl/N-ethyl adjacent to an activating group) is 1. The van der Waals surface area contributed by atoms with Gasteiger partial charge in [0.25, 0.3) is 0 Å². The number of nitrogens with zero attached hydrogens (tertiary/aromatic N) is 1. The van der Waals surface area contributed by atoms with E-state index in [9.17, 15) is 18.0 Å². The van der Waals surface area contributed by atoms with Crippen molar-refractivity contribution in [3.05, 3.63) is 29.8 Å². The fourth-order valence-electron chi connectivity index (χ4n) is 1.35. The van der Waals surface area contributed by atoms with Gasteiger partial charge in [-0.25, -0.2) is 4.79 Å². The molecule has 0 saturated heterocycles. The Hall–Kier alpha value is -1.76. The Morgan fingerprint density at radius 3 is 2.22 bits per heavy atom. The van der Waals surface area contributed by atoms with Crippen molar-refractivity contribution < 1.29 is 28.2 Å². The summed E-state index contributed by atoms with van der Waals surface area (Å²) in [6, 6.07) is 4.24. The first-order valence-corrected chi connectivity index (χ1v) is 5.01. The Morgan fingerprint density at radius 1 is 1.33 bits per heavy atom. The van der Waals surface area contributed by atoms with Crippen molar-refractivity contribution in [2.75, 3.05) is 18.5 Å². The Balaban J connectivity index is 2.76. The number of hydrogen-bond donors (Lipinski definition) is 2. The summed E-state index contributed by atoms with van der Waals surface area (Å²) in [5, 5.41) is 17.6. The van der Waals surface area contributed by atoms with Crippen molar-refractivity contribution in [2.24, 2.45) is 0 Å². The summed E-state index contributed by atoms with van der Waals surface area (Å²) in [4.78, 5) is 11.8. The summed E-state index contributed by atoms with van der Waals surface area (Å²) in [5.74, 6) is -1.38. The first-order chi connectivity index (χ1) is 8.21. The van der Waals surface area contributed by atoms with E-state index in [1.54, 1.807) is 0 Å². The highest BCUT2D eigenvalue weighted by atomic mass is 19.4. The quantitative estimate of drug-likeness (QED) is 0.866. The van der Waals surface area contributed by atoms with Gasteiger partial charge < -0.3 is 15.1 Å². The molecule has 0 aliphatic rings. The Labute approximate surface area is 101 Å². The van der Waals surface area contributed by atoms with Crippen molar-refractivity contribution in [3.8, 4) is 0 Å². The van der Waals surface area contributed by atoms with Crippen LogP contribution in [0.5, 0.6) is 0 Å². The van der Waals surface area contributed by atoms with E-state index in [1.807, 2.05) is 0 Å². The molecule has 7 heteroatoms. The summed E-state index contributed by atoms with van der Waals surface area (Å²) < 4.78 is 36.9. The van der Waals surface area contributed by atoms with Crippen LogP contribution in [0.1, 0.15) is 5.56 Å². The molecule has 0 amide bonds. The monoisotopic (exact) mass is 263 g/mol. The number of carboxylic acid groups (broad SMARTS) is 1. The average Bonchev–Trinajstić information content (AvgIpc) is 2.27. The molecule has 4 nitrogen and oxygen atoms in total. The summed E-state index contributed by atoms with van der Waals surface area (Å²) in [6.07, 6.45) is -5.99. The third-order valence-corrected chi connectivity index (χ3v) is 2.37. The van der Waals surface area contributed by atoms with Crippen LogP contribution in [0.3, 0.4) is 0 Å². The minimum atomic E-state index is -4.41. The third-order valence-electron chi connectivity index (χ3n) is 2.37. The van der Waals surface area contributed by atoms with Gasteiger partial charge in [-0.15, -0.1) is 0 Å². The van der Waals surface area contributed by atoms with Gasteiger partial charge in [-0.05, 0) is 24.3 Å². The van der Waals surface area contributed by atoms with E-state index in [0.29, 0.717) is 5.69 Å². The van der Waals surface area contributed by atoms with Gasteiger partial charge in [0.2, 0.25) is 0 Å². The number of benzene rings is 1. The lowest BCUT2D eigenvalue weighted by molar-refractivity contribution is -0.146. The molecule has 1 atom stereocenters. The lowest BCUT2D eigenvalue weighted by Crippen LogP contribution is -2.34. The fraction of sp³-hybridized carbons (Fsp3) is 0.364. The Morgan fingerprint density at radius 2 is 1.83 bits per heavy atom. The minimum Gasteiger partial charge on any atom is -0.479 e. The number of aliphatic carboxylic acids is 1. The highest BCUT2D eigenvalue weighted by Gasteiger charge is 2.30. The minimum absolute atomic E-state index is 0.208. The summed E-state index contributed by atoms with van der Waals surface area (Å²) in [6.45, 7) is -0.208. The predicted octanol–water partition coefficient (Wildman–Crippen LogP) is 1.59. The SMILES string of the molecule is CN(CC(O)C(=O)O)c1ccc(C(F)(F)F)cc1. The molecule has 0 spiro atoms.